The van der Waals surface area contributed by atoms with Crippen LogP contribution in [0.15, 0.2) is 54.6 Å². The van der Waals surface area contributed by atoms with Crippen molar-refractivity contribution in [1.29, 1.82) is 0 Å². The Hall–Kier alpha value is -2.72. The lowest BCUT2D eigenvalue weighted by molar-refractivity contribution is 0.0346. The summed E-state index contributed by atoms with van der Waals surface area (Å²) < 4.78 is 17.8. The second kappa shape index (κ2) is 8.08. The molecule has 2 aliphatic rings. The van der Waals surface area contributed by atoms with Gasteiger partial charge in [-0.2, -0.15) is 0 Å². The van der Waals surface area contributed by atoms with Crippen LogP contribution in [0.4, 0.5) is 0 Å². The van der Waals surface area contributed by atoms with Crippen LogP contribution in [0.5, 0.6) is 17.2 Å². The Morgan fingerprint density at radius 3 is 2.39 bits per heavy atom. The molecule has 0 aromatic heterocycles. The highest BCUT2D eigenvalue weighted by atomic mass is 16.5. The number of hydrogen-bond acceptors (Lipinski definition) is 4. The summed E-state index contributed by atoms with van der Waals surface area (Å²) in [6.45, 7) is 2.25. The topological polar surface area (TPSA) is 39.7 Å². The van der Waals surface area contributed by atoms with Crippen LogP contribution in [0.25, 0.3) is 10.8 Å². The number of nitrogens with one attached hydrogen (secondary N) is 1. The molecule has 1 fully saturated rings. The lowest BCUT2D eigenvalue weighted by Gasteiger charge is -2.41. The number of hydrogen-bond donors (Lipinski definition) is 1. The third kappa shape index (κ3) is 3.74. The molecular weight excluding hydrogens is 386 g/mol. The van der Waals surface area contributed by atoms with Crippen LogP contribution in [-0.2, 0) is 0 Å². The summed E-state index contributed by atoms with van der Waals surface area (Å²) in [7, 11) is 3.36. The van der Waals surface area contributed by atoms with Crippen molar-refractivity contribution in [2.45, 2.75) is 56.7 Å². The first-order valence-electron chi connectivity index (χ1n) is 11.3. The molecule has 5 rings (SSSR count). The zero-order valence-electron chi connectivity index (χ0n) is 18.6. The van der Waals surface area contributed by atoms with E-state index in [1.54, 1.807) is 14.2 Å². The van der Waals surface area contributed by atoms with Crippen LogP contribution in [0.3, 0.4) is 0 Å². The average molecular weight is 418 g/mol. The molecule has 162 valence electrons. The SMILES string of the molecule is COc1cc2c(cc1OC)C(NC(C)c1ccc3ccccc3c1)CC1(CCCC1)O2. The molecule has 0 bridgehead atoms. The molecule has 1 spiro atoms. The van der Waals surface area contributed by atoms with E-state index in [4.69, 9.17) is 14.2 Å². The first-order valence-corrected chi connectivity index (χ1v) is 11.3. The minimum atomic E-state index is -0.0760. The van der Waals surface area contributed by atoms with Crippen LogP contribution in [0, 0.1) is 0 Å². The molecule has 0 saturated heterocycles. The van der Waals surface area contributed by atoms with Crippen LogP contribution in [-0.4, -0.2) is 19.8 Å². The number of ether oxygens (including phenoxy) is 3. The molecule has 0 amide bonds. The Balaban J connectivity index is 1.49. The fourth-order valence-corrected chi connectivity index (χ4v) is 5.34. The Morgan fingerprint density at radius 1 is 0.935 bits per heavy atom. The van der Waals surface area contributed by atoms with E-state index in [1.807, 2.05) is 6.07 Å². The molecule has 1 heterocycles. The second-order valence-corrected chi connectivity index (χ2v) is 8.99. The summed E-state index contributed by atoms with van der Waals surface area (Å²) in [5.41, 5.74) is 2.38. The fourth-order valence-electron chi connectivity index (χ4n) is 5.34. The van der Waals surface area contributed by atoms with E-state index in [0.29, 0.717) is 0 Å². The minimum Gasteiger partial charge on any atom is -0.493 e. The highest BCUT2D eigenvalue weighted by molar-refractivity contribution is 5.83. The maximum absolute atomic E-state index is 6.62. The lowest BCUT2D eigenvalue weighted by atomic mass is 9.85. The molecule has 3 aromatic carbocycles. The largest absolute Gasteiger partial charge is 0.493 e. The van der Waals surface area contributed by atoms with Gasteiger partial charge in [0.15, 0.2) is 11.5 Å². The summed E-state index contributed by atoms with van der Waals surface area (Å²) in [5.74, 6) is 2.39. The molecule has 4 nitrogen and oxygen atoms in total. The van der Waals surface area contributed by atoms with Gasteiger partial charge in [-0.1, -0.05) is 36.4 Å². The predicted octanol–water partition coefficient (Wildman–Crippen LogP) is 6.34. The minimum absolute atomic E-state index is 0.0760. The van der Waals surface area contributed by atoms with Gasteiger partial charge in [-0.15, -0.1) is 0 Å². The molecule has 2 unspecified atom stereocenters. The van der Waals surface area contributed by atoms with Gasteiger partial charge in [-0.3, -0.25) is 0 Å². The van der Waals surface area contributed by atoms with Crippen molar-refractivity contribution >= 4 is 10.8 Å². The van der Waals surface area contributed by atoms with Gasteiger partial charge in [0.1, 0.15) is 11.4 Å². The summed E-state index contributed by atoms with van der Waals surface area (Å²) in [4.78, 5) is 0. The van der Waals surface area contributed by atoms with E-state index in [2.05, 4.69) is 60.8 Å². The van der Waals surface area contributed by atoms with Gasteiger partial charge in [0.05, 0.1) is 14.2 Å². The van der Waals surface area contributed by atoms with E-state index in [-0.39, 0.29) is 17.7 Å². The predicted molar refractivity (Wildman–Crippen MR) is 124 cm³/mol. The van der Waals surface area contributed by atoms with Crippen LogP contribution in [0.2, 0.25) is 0 Å². The van der Waals surface area contributed by atoms with Crippen molar-refractivity contribution in [3.05, 3.63) is 65.7 Å². The number of methoxy groups -OCH3 is 2. The van der Waals surface area contributed by atoms with Gasteiger partial charge in [-0.25, -0.2) is 0 Å². The van der Waals surface area contributed by atoms with Gasteiger partial charge in [0.2, 0.25) is 0 Å². The molecule has 1 aliphatic heterocycles. The normalized spacial score (nSPS) is 20.3. The van der Waals surface area contributed by atoms with Gasteiger partial charge >= 0.3 is 0 Å². The highest BCUT2D eigenvalue weighted by Gasteiger charge is 2.44. The fraction of sp³-hybridized carbons (Fsp3) is 0.407. The summed E-state index contributed by atoms with van der Waals surface area (Å²) >= 11 is 0. The highest BCUT2D eigenvalue weighted by Crippen LogP contribution is 2.50. The molecule has 31 heavy (non-hydrogen) atoms. The Labute approximate surface area is 184 Å². The number of fused-ring (bicyclic) bond motifs is 2. The van der Waals surface area contributed by atoms with Crippen molar-refractivity contribution in [2.24, 2.45) is 0 Å². The van der Waals surface area contributed by atoms with Crippen LogP contribution in [0.1, 0.15) is 62.2 Å². The Bertz CT molecular complexity index is 1090. The van der Waals surface area contributed by atoms with E-state index < -0.39 is 0 Å². The zero-order valence-corrected chi connectivity index (χ0v) is 18.6. The number of benzene rings is 3. The lowest BCUT2D eigenvalue weighted by Crippen LogP contribution is -2.42. The van der Waals surface area contributed by atoms with Gasteiger partial charge < -0.3 is 19.5 Å². The molecule has 1 N–H and O–H groups in total. The standard InChI is InChI=1S/C27H31NO3/c1-18(20-11-10-19-8-4-5-9-21(19)14-20)28-23-17-27(12-6-7-13-27)31-24-16-26(30-3)25(29-2)15-22(23)24/h4-5,8-11,14-16,18,23,28H,6-7,12-13,17H2,1-3H3. The van der Waals surface area contributed by atoms with E-state index in [9.17, 15) is 0 Å². The second-order valence-electron chi connectivity index (χ2n) is 8.99. The summed E-state index contributed by atoms with van der Waals surface area (Å²) in [6.07, 6.45) is 5.67. The average Bonchev–Trinajstić information content (AvgIpc) is 3.25. The maximum atomic E-state index is 6.62. The smallest absolute Gasteiger partial charge is 0.164 e. The zero-order chi connectivity index (χ0) is 21.4. The molecular formula is C27H31NO3. The van der Waals surface area contributed by atoms with Crippen molar-refractivity contribution in [1.82, 2.24) is 5.32 Å². The third-order valence-electron chi connectivity index (χ3n) is 7.03. The van der Waals surface area contributed by atoms with Crippen molar-refractivity contribution in [2.75, 3.05) is 14.2 Å². The summed E-state index contributed by atoms with van der Waals surface area (Å²) in [6, 6.07) is 19.8. The molecule has 2 atom stereocenters. The van der Waals surface area contributed by atoms with Gasteiger partial charge in [-0.05, 0) is 61.1 Å². The maximum Gasteiger partial charge on any atom is 0.164 e. The molecule has 4 heteroatoms. The van der Waals surface area contributed by atoms with E-state index in [0.717, 1.165) is 42.1 Å². The summed E-state index contributed by atoms with van der Waals surface area (Å²) in [5, 5.41) is 6.47. The van der Waals surface area contributed by atoms with Gasteiger partial charge in [0.25, 0.3) is 0 Å². The van der Waals surface area contributed by atoms with Crippen LogP contribution >= 0.6 is 0 Å². The molecule has 1 saturated carbocycles. The third-order valence-corrected chi connectivity index (χ3v) is 7.03. The van der Waals surface area contributed by atoms with Crippen LogP contribution < -0.4 is 19.5 Å². The first-order chi connectivity index (χ1) is 15.1. The molecule has 1 aliphatic carbocycles. The Morgan fingerprint density at radius 2 is 1.65 bits per heavy atom. The molecule has 3 aromatic rings. The molecule has 0 radical (unpaired) electrons. The van der Waals surface area contributed by atoms with Crippen molar-refractivity contribution in [3.63, 3.8) is 0 Å². The number of rotatable bonds is 5. The Kier molecular flexibility index (Phi) is 5.27. The van der Waals surface area contributed by atoms with E-state index in [1.165, 1.54) is 29.2 Å². The van der Waals surface area contributed by atoms with Gasteiger partial charge in [0, 0.05) is 30.1 Å². The quantitative estimate of drug-likeness (QED) is 0.525. The van der Waals surface area contributed by atoms with Crippen molar-refractivity contribution < 1.29 is 14.2 Å². The monoisotopic (exact) mass is 417 g/mol. The first kappa shape index (κ1) is 20.2. The van der Waals surface area contributed by atoms with Crippen molar-refractivity contribution in [3.8, 4) is 17.2 Å². The van der Waals surface area contributed by atoms with E-state index >= 15 is 0 Å².